The van der Waals surface area contributed by atoms with Gasteiger partial charge in [0.15, 0.2) is 16.4 Å². The number of benzene rings is 3. The third-order valence-corrected chi connectivity index (χ3v) is 9.08. The fraction of sp³-hybridized carbons (Fsp3) is 0.412. The first-order valence-corrected chi connectivity index (χ1v) is 15.6. The zero-order chi connectivity index (χ0) is 31.7. The summed E-state index contributed by atoms with van der Waals surface area (Å²) < 4.78 is 22.7. The number of Topliss-reactive ketones (excluding diaryl/α,β-unsaturated/α-hetero) is 1. The summed E-state index contributed by atoms with van der Waals surface area (Å²) in [4.78, 5) is 29.8. The number of para-hydroxylation sites is 1. The molecule has 1 N–H and O–H groups in total. The average molecular weight is 658 g/mol. The van der Waals surface area contributed by atoms with Gasteiger partial charge in [0, 0.05) is 24.1 Å². The summed E-state index contributed by atoms with van der Waals surface area (Å²) in [5, 5.41) is 3.29. The normalized spacial score (nSPS) is 15.7. The van der Waals surface area contributed by atoms with E-state index >= 15 is 0 Å². The van der Waals surface area contributed by atoms with Crippen LogP contribution in [0, 0.1) is 0 Å². The number of rotatable bonds is 16. The largest absolute Gasteiger partial charge is 0.497 e. The summed E-state index contributed by atoms with van der Waals surface area (Å²) >= 11 is 1.39. The first-order chi connectivity index (χ1) is 21.2. The van der Waals surface area contributed by atoms with E-state index in [1.165, 1.54) is 24.2 Å². The number of methoxy groups -OCH3 is 3. The number of hydrogen-bond donors (Lipinski definition) is 1. The monoisotopic (exact) mass is 657 g/mol. The van der Waals surface area contributed by atoms with Crippen molar-refractivity contribution < 1.29 is 28.5 Å². The molecule has 1 heterocycles. The molecule has 3 aromatic carbocycles. The maximum atomic E-state index is 14.1. The van der Waals surface area contributed by atoms with Gasteiger partial charge in [-0.3, -0.25) is 14.9 Å². The second-order valence-corrected chi connectivity index (χ2v) is 12.1. The van der Waals surface area contributed by atoms with E-state index < -0.39 is 4.87 Å². The van der Waals surface area contributed by atoms with Crippen LogP contribution in [0.1, 0.15) is 30.9 Å². The fourth-order valence-corrected chi connectivity index (χ4v) is 6.60. The van der Waals surface area contributed by atoms with Gasteiger partial charge in [-0.05, 0) is 87.8 Å². The molecular formula is C34H44ClN3O6S. The molecule has 244 valence electrons. The van der Waals surface area contributed by atoms with Crippen LogP contribution in [0.3, 0.4) is 0 Å². The number of halogens is 1. The molecule has 0 aliphatic carbocycles. The predicted octanol–water partition coefficient (Wildman–Crippen LogP) is 5.57. The third-order valence-electron chi connectivity index (χ3n) is 7.67. The summed E-state index contributed by atoms with van der Waals surface area (Å²) in [5.41, 5.74) is 2.64. The van der Waals surface area contributed by atoms with Crippen molar-refractivity contribution in [3.8, 4) is 23.0 Å². The van der Waals surface area contributed by atoms with Crippen LogP contribution >= 0.6 is 24.2 Å². The number of carbonyl (C=O) groups is 2. The number of likely N-dealkylation sites (N-methyl/N-ethyl adjacent to an activating group) is 2. The van der Waals surface area contributed by atoms with E-state index in [2.05, 4.69) is 23.3 Å². The zero-order valence-electron chi connectivity index (χ0n) is 26.9. The number of fused-ring (bicyclic) bond motifs is 1. The van der Waals surface area contributed by atoms with E-state index in [0.29, 0.717) is 23.7 Å². The van der Waals surface area contributed by atoms with Crippen molar-refractivity contribution in [2.24, 2.45) is 0 Å². The molecule has 0 fully saturated rings. The lowest BCUT2D eigenvalue weighted by atomic mass is 10.0. The molecular weight excluding hydrogens is 614 g/mol. The van der Waals surface area contributed by atoms with Gasteiger partial charge in [0.2, 0.25) is 0 Å². The van der Waals surface area contributed by atoms with Crippen molar-refractivity contribution in [1.29, 1.82) is 0 Å². The van der Waals surface area contributed by atoms with Crippen LogP contribution in [0.25, 0.3) is 0 Å². The lowest BCUT2D eigenvalue weighted by Gasteiger charge is -2.41. The molecule has 1 unspecified atom stereocenters. The van der Waals surface area contributed by atoms with Gasteiger partial charge in [-0.15, -0.1) is 12.4 Å². The zero-order valence-corrected chi connectivity index (χ0v) is 28.5. The van der Waals surface area contributed by atoms with Crippen molar-refractivity contribution in [3.05, 3.63) is 71.8 Å². The molecule has 1 aliphatic rings. The topological polar surface area (TPSA) is 89.6 Å². The average Bonchev–Trinajstić information content (AvgIpc) is 3.04. The molecule has 0 bridgehead atoms. The van der Waals surface area contributed by atoms with Crippen LogP contribution in [-0.2, 0) is 20.9 Å². The molecule has 1 atom stereocenters. The molecule has 0 saturated heterocycles. The summed E-state index contributed by atoms with van der Waals surface area (Å²) in [6.45, 7) is 3.85. The van der Waals surface area contributed by atoms with Gasteiger partial charge in [0.25, 0.3) is 5.91 Å². The maximum Gasteiger partial charge on any atom is 0.262 e. The van der Waals surface area contributed by atoms with Gasteiger partial charge in [-0.1, -0.05) is 30.0 Å². The van der Waals surface area contributed by atoms with Crippen LogP contribution < -0.4 is 29.2 Å². The number of nitrogens with zero attached hydrogens (tertiary/aromatic N) is 2. The Balaban J connectivity index is 0.00000552. The molecule has 0 aromatic heterocycles. The Morgan fingerprint density at radius 1 is 0.933 bits per heavy atom. The first-order valence-electron chi connectivity index (χ1n) is 14.7. The van der Waals surface area contributed by atoms with E-state index in [1.54, 1.807) is 33.3 Å². The summed E-state index contributed by atoms with van der Waals surface area (Å²) in [5.74, 6) is 2.40. The summed E-state index contributed by atoms with van der Waals surface area (Å²) in [7, 11) is 8.76. The number of unbranched alkanes of at least 4 members (excludes halogenated alkanes) is 1. The van der Waals surface area contributed by atoms with Gasteiger partial charge in [0.05, 0.1) is 40.2 Å². The molecule has 3 aromatic rings. The molecule has 0 radical (unpaired) electrons. The van der Waals surface area contributed by atoms with E-state index in [1.807, 2.05) is 54.6 Å². The van der Waals surface area contributed by atoms with Crippen LogP contribution in [0.4, 0.5) is 5.69 Å². The number of hydrogen-bond acceptors (Lipinski definition) is 9. The number of anilines is 1. The van der Waals surface area contributed by atoms with Crippen molar-refractivity contribution >= 4 is 41.5 Å². The SMILES string of the molecule is COc1ccc(OCCCCN(C)CCc2ccc(OC)c(OC)c2)c(C2(NCC(C)=O)Sc3ccccc3N(C)C2=O)c1.Cl. The highest BCUT2D eigenvalue weighted by Crippen LogP contribution is 2.51. The second kappa shape index (κ2) is 16.7. The Morgan fingerprint density at radius 3 is 2.38 bits per heavy atom. The van der Waals surface area contributed by atoms with Gasteiger partial charge in [-0.25, -0.2) is 0 Å². The number of amides is 1. The Bertz CT molecular complexity index is 1460. The summed E-state index contributed by atoms with van der Waals surface area (Å²) in [6.07, 6.45) is 2.69. The fourth-order valence-electron chi connectivity index (χ4n) is 5.17. The molecule has 4 rings (SSSR count). The first kappa shape index (κ1) is 36.0. The van der Waals surface area contributed by atoms with Gasteiger partial charge in [0.1, 0.15) is 17.3 Å². The molecule has 11 heteroatoms. The third kappa shape index (κ3) is 8.64. The van der Waals surface area contributed by atoms with E-state index in [9.17, 15) is 9.59 Å². The summed E-state index contributed by atoms with van der Waals surface area (Å²) in [6, 6.07) is 19.3. The van der Waals surface area contributed by atoms with Gasteiger partial charge in [-0.2, -0.15) is 0 Å². The van der Waals surface area contributed by atoms with E-state index in [-0.39, 0.29) is 30.6 Å². The smallest absolute Gasteiger partial charge is 0.262 e. The Morgan fingerprint density at radius 2 is 1.67 bits per heavy atom. The highest BCUT2D eigenvalue weighted by Gasteiger charge is 2.49. The van der Waals surface area contributed by atoms with Crippen LogP contribution in [-0.4, -0.2) is 78.3 Å². The van der Waals surface area contributed by atoms with Crippen molar-refractivity contribution in [2.45, 2.75) is 36.0 Å². The minimum Gasteiger partial charge on any atom is -0.497 e. The van der Waals surface area contributed by atoms with Crippen molar-refractivity contribution in [3.63, 3.8) is 0 Å². The Labute approximate surface area is 277 Å². The van der Waals surface area contributed by atoms with Crippen molar-refractivity contribution in [2.75, 3.05) is 66.6 Å². The van der Waals surface area contributed by atoms with Gasteiger partial charge < -0.3 is 28.7 Å². The molecule has 1 amide bonds. The van der Waals surface area contributed by atoms with E-state index in [0.717, 1.165) is 54.4 Å². The van der Waals surface area contributed by atoms with Gasteiger partial charge >= 0.3 is 0 Å². The molecule has 9 nitrogen and oxygen atoms in total. The number of ether oxygens (including phenoxy) is 4. The molecule has 0 spiro atoms. The minimum absolute atomic E-state index is 0. The van der Waals surface area contributed by atoms with E-state index in [4.69, 9.17) is 18.9 Å². The molecule has 45 heavy (non-hydrogen) atoms. The lowest BCUT2D eigenvalue weighted by Crippen LogP contribution is -2.55. The number of carbonyl (C=O) groups excluding carboxylic acids is 2. The molecule has 0 saturated carbocycles. The Hall–Kier alpha value is -3.44. The highest BCUT2D eigenvalue weighted by atomic mass is 35.5. The van der Waals surface area contributed by atoms with Crippen LogP contribution in [0.2, 0.25) is 0 Å². The number of ketones is 1. The standard InChI is InChI=1S/C34H43N3O6S.ClH/c1-24(38)23-35-34(33(39)37(3)28-11-7-8-12-32(28)44-34)27-22-26(40-4)14-16-29(27)43-20-10-9-18-36(2)19-17-25-13-15-30(41-5)31(21-25)42-6;/h7-8,11-16,21-22,35H,9-10,17-20,23H2,1-6H3;1H. The number of nitrogens with one attached hydrogen (secondary N) is 1. The predicted molar refractivity (Wildman–Crippen MR) is 182 cm³/mol. The highest BCUT2D eigenvalue weighted by molar-refractivity contribution is 8.01. The number of thioether (sulfide) groups is 1. The Kier molecular flexibility index (Phi) is 13.4. The second-order valence-electron chi connectivity index (χ2n) is 10.8. The lowest BCUT2D eigenvalue weighted by molar-refractivity contribution is -0.122. The quantitative estimate of drug-likeness (QED) is 0.199. The molecule has 1 aliphatic heterocycles. The van der Waals surface area contributed by atoms with Crippen LogP contribution in [0.15, 0.2) is 65.6 Å². The minimum atomic E-state index is -1.27. The van der Waals surface area contributed by atoms with Crippen LogP contribution in [0.5, 0.6) is 23.0 Å². The van der Waals surface area contributed by atoms with Crippen molar-refractivity contribution in [1.82, 2.24) is 10.2 Å². The maximum absolute atomic E-state index is 14.1.